The van der Waals surface area contributed by atoms with Crippen LogP contribution in [0.1, 0.15) is 57.8 Å². The van der Waals surface area contributed by atoms with Crippen molar-refractivity contribution in [3.05, 3.63) is 0 Å². The highest BCUT2D eigenvalue weighted by atomic mass is 32.1. The van der Waals surface area contributed by atoms with E-state index in [1.165, 1.54) is 30.7 Å². The van der Waals surface area contributed by atoms with Crippen molar-refractivity contribution in [1.82, 2.24) is 10.3 Å². The molecule has 1 heterocycles. The average Bonchev–Trinajstić information content (AvgIpc) is 2.38. The normalized spacial score (nSPS) is 39.3. The van der Waals surface area contributed by atoms with Gasteiger partial charge in [-0.05, 0) is 44.3 Å². The van der Waals surface area contributed by atoms with Crippen molar-refractivity contribution in [3.63, 3.8) is 0 Å². The zero-order valence-corrected chi connectivity index (χ0v) is 11.6. The van der Waals surface area contributed by atoms with Crippen molar-refractivity contribution in [1.29, 1.82) is 0 Å². The molecule has 18 heavy (non-hydrogen) atoms. The SMILES string of the molecule is NN1C(=S)NC2(CCCCC2)[C@H]2CCCC[C@@]21O. The van der Waals surface area contributed by atoms with Crippen molar-refractivity contribution < 1.29 is 5.11 Å². The molecule has 2 atom stereocenters. The molecule has 1 aliphatic heterocycles. The number of aliphatic hydroxyl groups is 1. The molecular weight excluding hydrogens is 246 g/mol. The minimum Gasteiger partial charge on any atom is -0.369 e. The summed E-state index contributed by atoms with van der Waals surface area (Å²) in [6.07, 6.45) is 10.0. The highest BCUT2D eigenvalue weighted by molar-refractivity contribution is 7.80. The molecule has 0 aromatic heterocycles. The number of nitrogens with zero attached hydrogens (tertiary/aromatic N) is 1. The van der Waals surface area contributed by atoms with Crippen LogP contribution in [0.3, 0.4) is 0 Å². The summed E-state index contributed by atoms with van der Waals surface area (Å²) >= 11 is 5.35. The Balaban J connectivity index is 1.97. The van der Waals surface area contributed by atoms with Crippen LogP contribution in [0.4, 0.5) is 0 Å². The number of nitrogens with two attached hydrogens (primary N) is 1. The highest BCUT2D eigenvalue weighted by Gasteiger charge is 2.58. The van der Waals surface area contributed by atoms with E-state index in [2.05, 4.69) is 5.32 Å². The van der Waals surface area contributed by atoms with Gasteiger partial charge in [-0.2, -0.15) is 0 Å². The molecule has 4 nitrogen and oxygen atoms in total. The van der Waals surface area contributed by atoms with Crippen LogP contribution in [0.2, 0.25) is 0 Å². The predicted octanol–water partition coefficient (Wildman–Crippen LogP) is 1.63. The van der Waals surface area contributed by atoms with Gasteiger partial charge in [-0.1, -0.05) is 25.7 Å². The highest BCUT2D eigenvalue weighted by Crippen LogP contribution is 2.49. The third-order valence-electron chi connectivity index (χ3n) is 5.25. The number of fused-ring (bicyclic) bond motifs is 2. The predicted molar refractivity (Wildman–Crippen MR) is 74.5 cm³/mol. The Kier molecular flexibility index (Phi) is 3.03. The van der Waals surface area contributed by atoms with Gasteiger partial charge in [0.05, 0.1) is 0 Å². The summed E-state index contributed by atoms with van der Waals surface area (Å²) in [5.74, 6) is 6.26. The first-order valence-electron chi connectivity index (χ1n) is 7.18. The maximum absolute atomic E-state index is 11.0. The number of hydrazine groups is 1. The van der Waals surface area contributed by atoms with Crippen molar-refractivity contribution in [2.75, 3.05) is 0 Å². The lowest BCUT2D eigenvalue weighted by atomic mass is 9.62. The topological polar surface area (TPSA) is 61.5 Å². The van der Waals surface area contributed by atoms with E-state index < -0.39 is 5.72 Å². The van der Waals surface area contributed by atoms with Gasteiger partial charge in [-0.3, -0.25) is 5.01 Å². The van der Waals surface area contributed by atoms with Gasteiger partial charge in [0.25, 0.3) is 0 Å². The average molecular weight is 269 g/mol. The van der Waals surface area contributed by atoms with Crippen molar-refractivity contribution in [2.45, 2.75) is 69.1 Å². The molecule has 2 aliphatic carbocycles. The van der Waals surface area contributed by atoms with Crippen molar-refractivity contribution in [2.24, 2.45) is 11.8 Å². The first-order chi connectivity index (χ1) is 8.58. The molecule has 102 valence electrons. The largest absolute Gasteiger partial charge is 0.369 e. The summed E-state index contributed by atoms with van der Waals surface area (Å²) in [6.45, 7) is 0. The lowest BCUT2D eigenvalue weighted by molar-refractivity contribution is -0.182. The zero-order valence-electron chi connectivity index (χ0n) is 10.8. The molecule has 0 radical (unpaired) electrons. The van der Waals surface area contributed by atoms with E-state index in [9.17, 15) is 5.11 Å². The quantitative estimate of drug-likeness (QED) is 0.461. The summed E-state index contributed by atoms with van der Waals surface area (Å²) in [5.41, 5.74) is -0.918. The maximum atomic E-state index is 11.0. The van der Waals surface area contributed by atoms with E-state index >= 15 is 0 Å². The van der Waals surface area contributed by atoms with Crippen LogP contribution in [0.25, 0.3) is 0 Å². The molecule has 4 N–H and O–H groups in total. The summed E-state index contributed by atoms with van der Waals surface area (Å²) in [4.78, 5) is 0. The fourth-order valence-corrected chi connectivity index (χ4v) is 4.70. The Labute approximate surface area is 114 Å². The molecule has 1 saturated heterocycles. The molecule has 0 amide bonds. The Morgan fingerprint density at radius 3 is 2.56 bits per heavy atom. The number of rotatable bonds is 0. The minimum atomic E-state index is -0.919. The second kappa shape index (κ2) is 4.32. The molecule has 3 aliphatic rings. The Bertz CT molecular complexity index is 356. The zero-order chi connectivity index (χ0) is 12.8. The van der Waals surface area contributed by atoms with E-state index in [4.69, 9.17) is 18.1 Å². The van der Waals surface area contributed by atoms with Crippen LogP contribution < -0.4 is 11.2 Å². The summed E-state index contributed by atoms with van der Waals surface area (Å²) < 4.78 is 0. The van der Waals surface area contributed by atoms with Crippen molar-refractivity contribution >= 4 is 17.3 Å². The lowest BCUT2D eigenvalue weighted by Gasteiger charge is -2.60. The Morgan fingerprint density at radius 1 is 1.17 bits per heavy atom. The van der Waals surface area contributed by atoms with Crippen LogP contribution in [0.15, 0.2) is 0 Å². The van der Waals surface area contributed by atoms with E-state index in [0.717, 1.165) is 32.1 Å². The first-order valence-corrected chi connectivity index (χ1v) is 7.59. The van der Waals surface area contributed by atoms with E-state index in [1.807, 2.05) is 0 Å². The fourth-order valence-electron chi connectivity index (χ4n) is 4.34. The third kappa shape index (κ3) is 1.67. The van der Waals surface area contributed by atoms with Crippen LogP contribution >= 0.6 is 12.2 Å². The molecule has 1 spiro atoms. The Morgan fingerprint density at radius 2 is 1.83 bits per heavy atom. The van der Waals surface area contributed by atoms with Crippen LogP contribution in [0, 0.1) is 5.92 Å². The molecule has 0 unspecified atom stereocenters. The minimum absolute atomic E-state index is 0.000370. The molecule has 0 bridgehead atoms. The van der Waals surface area contributed by atoms with Gasteiger partial charge < -0.3 is 10.4 Å². The van der Waals surface area contributed by atoms with E-state index in [1.54, 1.807) is 0 Å². The van der Waals surface area contributed by atoms with E-state index in [0.29, 0.717) is 5.11 Å². The summed E-state index contributed by atoms with van der Waals surface area (Å²) in [7, 11) is 0. The number of hydrogen-bond acceptors (Lipinski definition) is 3. The molecule has 3 rings (SSSR count). The number of thiocarbonyl (C=S) groups is 1. The van der Waals surface area contributed by atoms with Gasteiger partial charge in [-0.25, -0.2) is 5.84 Å². The third-order valence-corrected chi connectivity index (χ3v) is 5.55. The lowest BCUT2D eigenvalue weighted by Crippen LogP contribution is -2.77. The smallest absolute Gasteiger partial charge is 0.186 e. The monoisotopic (exact) mass is 269 g/mol. The van der Waals surface area contributed by atoms with Gasteiger partial charge in [-0.15, -0.1) is 0 Å². The van der Waals surface area contributed by atoms with Gasteiger partial charge in [0.1, 0.15) is 0 Å². The van der Waals surface area contributed by atoms with Crippen LogP contribution in [0.5, 0.6) is 0 Å². The summed E-state index contributed by atoms with van der Waals surface area (Å²) in [5, 5.41) is 16.4. The molecular formula is C13H23N3OS. The van der Waals surface area contributed by atoms with Gasteiger partial charge in [0.15, 0.2) is 10.8 Å². The second-order valence-electron chi connectivity index (χ2n) is 6.19. The van der Waals surface area contributed by atoms with Crippen LogP contribution in [-0.4, -0.2) is 26.5 Å². The molecule has 5 heteroatoms. The molecule has 0 aromatic carbocycles. The van der Waals surface area contributed by atoms with Gasteiger partial charge >= 0.3 is 0 Å². The fraction of sp³-hybridized carbons (Fsp3) is 0.923. The second-order valence-corrected chi connectivity index (χ2v) is 6.58. The maximum Gasteiger partial charge on any atom is 0.186 e. The van der Waals surface area contributed by atoms with E-state index in [-0.39, 0.29) is 11.5 Å². The van der Waals surface area contributed by atoms with Crippen LogP contribution in [-0.2, 0) is 0 Å². The standard InChI is InChI=1S/C13H23N3OS/c14-16-11(18)15-12(7-3-1-4-8-12)10-6-2-5-9-13(10,16)17/h10,17H,1-9,14H2,(H,15,18)/t10-,13-/m1/s1. The van der Waals surface area contributed by atoms with Gasteiger partial charge in [0, 0.05) is 11.5 Å². The first kappa shape index (κ1) is 12.6. The molecule has 3 fully saturated rings. The molecule has 0 aromatic rings. The molecule has 2 saturated carbocycles. The number of hydrogen-bond donors (Lipinski definition) is 3. The Hall–Kier alpha value is -0.390. The van der Waals surface area contributed by atoms with Gasteiger partial charge in [0.2, 0.25) is 0 Å². The summed E-state index contributed by atoms with van der Waals surface area (Å²) in [6, 6.07) is 0. The van der Waals surface area contributed by atoms with Crippen molar-refractivity contribution in [3.8, 4) is 0 Å². The number of nitrogens with one attached hydrogen (secondary N) is 1.